The summed E-state index contributed by atoms with van der Waals surface area (Å²) in [6.45, 7) is 8.90. The summed E-state index contributed by atoms with van der Waals surface area (Å²) >= 11 is 6.22. The van der Waals surface area contributed by atoms with Crippen LogP contribution in [0.15, 0.2) is 24.3 Å². The molecule has 3 rings (SSSR count). The highest BCUT2D eigenvalue weighted by atomic mass is 35.5. The molecule has 176 valence electrons. The molecule has 2 heterocycles. The van der Waals surface area contributed by atoms with E-state index in [4.69, 9.17) is 11.6 Å². The average molecular weight is 462 g/mol. The molecule has 0 unspecified atom stereocenters. The fraction of sp³-hybridized carbons (Fsp3) is 0.640. The number of piperidine rings is 2. The maximum atomic E-state index is 13.4. The zero-order valence-electron chi connectivity index (χ0n) is 19.5. The van der Waals surface area contributed by atoms with Crippen LogP contribution in [-0.4, -0.2) is 59.7 Å². The fourth-order valence-electron chi connectivity index (χ4n) is 4.60. The Bertz CT molecular complexity index is 822. The second-order valence-electron chi connectivity index (χ2n) is 10.3. The highest BCUT2D eigenvalue weighted by Gasteiger charge is 2.37. The molecule has 2 aliphatic heterocycles. The van der Waals surface area contributed by atoms with Crippen LogP contribution in [0.5, 0.6) is 0 Å². The van der Waals surface area contributed by atoms with Crippen molar-refractivity contribution in [3.63, 3.8) is 0 Å². The lowest BCUT2D eigenvalue weighted by atomic mass is 9.86. The number of nitrogens with zero attached hydrogens (tertiary/aromatic N) is 2. The number of hydrogen-bond acceptors (Lipinski definition) is 3. The Morgan fingerprint density at radius 1 is 1.00 bits per heavy atom. The van der Waals surface area contributed by atoms with Gasteiger partial charge in [0.15, 0.2) is 0 Å². The number of amides is 3. The van der Waals surface area contributed by atoms with Gasteiger partial charge in [-0.25, -0.2) is 0 Å². The van der Waals surface area contributed by atoms with Crippen LogP contribution in [0.1, 0.15) is 69.7 Å². The highest BCUT2D eigenvalue weighted by molar-refractivity contribution is 6.33. The van der Waals surface area contributed by atoms with Crippen LogP contribution in [0.2, 0.25) is 5.02 Å². The van der Waals surface area contributed by atoms with Crippen molar-refractivity contribution in [3.8, 4) is 0 Å². The molecule has 2 aliphatic rings. The van der Waals surface area contributed by atoms with Gasteiger partial charge in [0.25, 0.3) is 5.91 Å². The first-order valence-electron chi connectivity index (χ1n) is 11.8. The van der Waals surface area contributed by atoms with Gasteiger partial charge in [-0.05, 0) is 55.6 Å². The summed E-state index contributed by atoms with van der Waals surface area (Å²) in [5.41, 5.74) is 0.326. The Morgan fingerprint density at radius 2 is 1.62 bits per heavy atom. The SMILES string of the molecule is CC(C)(C)CC(=O)N1CCC([C@H](NC(=O)c2ccccc2Cl)C(=O)N2CCCCC2)CC1. The Hall–Kier alpha value is -2.08. The van der Waals surface area contributed by atoms with Gasteiger partial charge in [0.2, 0.25) is 11.8 Å². The number of likely N-dealkylation sites (tertiary alicyclic amines) is 2. The number of carbonyl (C=O) groups is 3. The number of nitrogens with one attached hydrogen (secondary N) is 1. The molecule has 2 fully saturated rings. The van der Waals surface area contributed by atoms with Crippen LogP contribution in [0.25, 0.3) is 0 Å². The van der Waals surface area contributed by atoms with E-state index in [1.54, 1.807) is 24.3 Å². The standard InChI is InChI=1S/C25H36ClN3O3/c1-25(2,3)17-21(30)28-15-11-18(12-16-28)22(24(32)29-13-7-4-8-14-29)27-23(31)19-9-5-6-10-20(19)26/h5-6,9-10,18,22H,4,7-8,11-17H2,1-3H3,(H,27,31)/t22-/m0/s1. The summed E-state index contributed by atoms with van der Waals surface area (Å²) in [5, 5.41) is 3.38. The Morgan fingerprint density at radius 3 is 2.22 bits per heavy atom. The molecule has 1 aromatic rings. The van der Waals surface area contributed by atoms with Crippen LogP contribution >= 0.6 is 11.6 Å². The van der Waals surface area contributed by atoms with E-state index in [1.807, 2.05) is 9.80 Å². The minimum Gasteiger partial charge on any atom is -0.343 e. The van der Waals surface area contributed by atoms with Crippen LogP contribution in [0, 0.1) is 11.3 Å². The first-order chi connectivity index (χ1) is 15.2. The van der Waals surface area contributed by atoms with Gasteiger partial charge in [-0.15, -0.1) is 0 Å². The molecule has 3 amide bonds. The molecule has 2 saturated heterocycles. The summed E-state index contributed by atoms with van der Waals surface area (Å²) in [7, 11) is 0. The third kappa shape index (κ3) is 6.47. The first-order valence-corrected chi connectivity index (χ1v) is 12.2. The quantitative estimate of drug-likeness (QED) is 0.716. The lowest BCUT2D eigenvalue weighted by molar-refractivity contribution is -0.137. The van der Waals surface area contributed by atoms with Crippen molar-refractivity contribution in [1.29, 1.82) is 0 Å². The third-order valence-corrected chi connectivity index (χ3v) is 6.71. The van der Waals surface area contributed by atoms with E-state index in [2.05, 4.69) is 26.1 Å². The molecular formula is C25H36ClN3O3. The van der Waals surface area contributed by atoms with E-state index < -0.39 is 6.04 Å². The molecule has 6 nitrogen and oxygen atoms in total. The maximum absolute atomic E-state index is 13.4. The first kappa shape index (κ1) is 24.6. The molecule has 0 bridgehead atoms. The predicted octanol–water partition coefficient (Wildman–Crippen LogP) is 4.13. The molecule has 0 saturated carbocycles. The molecule has 1 N–H and O–H groups in total. The minimum absolute atomic E-state index is 0.00505. The average Bonchev–Trinajstić information content (AvgIpc) is 2.77. The molecular weight excluding hydrogens is 426 g/mol. The maximum Gasteiger partial charge on any atom is 0.253 e. The molecule has 0 radical (unpaired) electrons. The zero-order valence-corrected chi connectivity index (χ0v) is 20.3. The summed E-state index contributed by atoms with van der Waals surface area (Å²) < 4.78 is 0. The largest absolute Gasteiger partial charge is 0.343 e. The van der Waals surface area contributed by atoms with Crippen LogP contribution in [-0.2, 0) is 9.59 Å². The van der Waals surface area contributed by atoms with E-state index in [0.717, 1.165) is 32.4 Å². The van der Waals surface area contributed by atoms with Crippen molar-refractivity contribution in [2.75, 3.05) is 26.2 Å². The van der Waals surface area contributed by atoms with Crippen LogP contribution in [0.3, 0.4) is 0 Å². The van der Waals surface area contributed by atoms with Gasteiger partial charge in [0.1, 0.15) is 6.04 Å². The van der Waals surface area contributed by atoms with E-state index in [1.165, 1.54) is 0 Å². The van der Waals surface area contributed by atoms with Crippen LogP contribution < -0.4 is 5.32 Å². The predicted molar refractivity (Wildman–Crippen MR) is 127 cm³/mol. The van der Waals surface area contributed by atoms with E-state index in [0.29, 0.717) is 42.9 Å². The number of carbonyl (C=O) groups excluding carboxylic acids is 3. The van der Waals surface area contributed by atoms with Crippen molar-refractivity contribution in [2.45, 2.75) is 65.3 Å². The molecule has 1 atom stereocenters. The zero-order chi connectivity index (χ0) is 23.3. The summed E-state index contributed by atoms with van der Waals surface area (Å²) in [4.78, 5) is 42.9. The lowest BCUT2D eigenvalue weighted by Gasteiger charge is -2.39. The lowest BCUT2D eigenvalue weighted by Crippen LogP contribution is -2.55. The van der Waals surface area contributed by atoms with E-state index in [9.17, 15) is 14.4 Å². The monoisotopic (exact) mass is 461 g/mol. The Labute approximate surface area is 196 Å². The Balaban J connectivity index is 1.71. The molecule has 7 heteroatoms. The van der Waals surface area contributed by atoms with Gasteiger partial charge < -0.3 is 15.1 Å². The van der Waals surface area contributed by atoms with Gasteiger partial charge in [-0.1, -0.05) is 44.5 Å². The van der Waals surface area contributed by atoms with Crippen molar-refractivity contribution < 1.29 is 14.4 Å². The summed E-state index contributed by atoms with van der Waals surface area (Å²) in [6.07, 6.45) is 5.03. The van der Waals surface area contributed by atoms with Gasteiger partial charge in [0, 0.05) is 32.6 Å². The number of hydrogen-bond donors (Lipinski definition) is 1. The minimum atomic E-state index is -0.600. The van der Waals surface area contributed by atoms with Crippen LogP contribution in [0.4, 0.5) is 0 Å². The summed E-state index contributed by atoms with van der Waals surface area (Å²) in [5.74, 6) is -0.175. The molecule has 0 aliphatic carbocycles. The summed E-state index contributed by atoms with van der Waals surface area (Å²) in [6, 6.07) is 6.30. The Kier molecular flexibility index (Phi) is 8.21. The van der Waals surface area contributed by atoms with Gasteiger partial charge in [0.05, 0.1) is 10.6 Å². The molecule has 1 aromatic carbocycles. The van der Waals surface area contributed by atoms with Gasteiger partial charge in [-0.2, -0.15) is 0 Å². The molecule has 0 aromatic heterocycles. The topological polar surface area (TPSA) is 69.7 Å². The number of halogens is 1. The second kappa shape index (κ2) is 10.7. The molecule has 32 heavy (non-hydrogen) atoms. The van der Waals surface area contributed by atoms with E-state index >= 15 is 0 Å². The number of rotatable bonds is 5. The molecule has 0 spiro atoms. The van der Waals surface area contributed by atoms with Gasteiger partial charge in [-0.3, -0.25) is 14.4 Å². The normalized spacial score (nSPS) is 18.9. The smallest absolute Gasteiger partial charge is 0.253 e. The van der Waals surface area contributed by atoms with Crippen molar-refractivity contribution in [3.05, 3.63) is 34.9 Å². The van der Waals surface area contributed by atoms with Gasteiger partial charge >= 0.3 is 0 Å². The second-order valence-corrected chi connectivity index (χ2v) is 10.7. The third-order valence-electron chi connectivity index (χ3n) is 6.38. The van der Waals surface area contributed by atoms with Crippen molar-refractivity contribution >= 4 is 29.3 Å². The van der Waals surface area contributed by atoms with E-state index in [-0.39, 0.29) is 29.1 Å². The van der Waals surface area contributed by atoms with Crippen molar-refractivity contribution in [1.82, 2.24) is 15.1 Å². The number of benzene rings is 1. The van der Waals surface area contributed by atoms with Crippen molar-refractivity contribution in [2.24, 2.45) is 11.3 Å². The highest BCUT2D eigenvalue weighted by Crippen LogP contribution is 2.27. The fourth-order valence-corrected chi connectivity index (χ4v) is 4.83.